The molecule has 7 heteroatoms. The molecule has 1 N–H and O–H groups in total. The maximum Gasteiger partial charge on any atom is 0.212 e. The minimum absolute atomic E-state index is 0.0450. The van der Waals surface area contributed by atoms with E-state index in [4.69, 9.17) is 18.9 Å². The molecule has 0 saturated heterocycles. The van der Waals surface area contributed by atoms with Gasteiger partial charge in [0.15, 0.2) is 23.0 Å². The lowest BCUT2D eigenvalue weighted by atomic mass is 9.85. The number of rotatable bonds is 2. The lowest BCUT2D eigenvalue weighted by molar-refractivity contribution is 0.218. The number of benzene rings is 4. The molecule has 0 unspecified atom stereocenters. The first kappa shape index (κ1) is 26.4. The number of methoxy groups -OCH3 is 2. The first-order chi connectivity index (χ1) is 20.9. The van der Waals surface area contributed by atoms with Crippen LogP contribution in [0.1, 0.15) is 45.5 Å². The number of hydrogen-bond acceptors (Lipinski definition) is 7. The van der Waals surface area contributed by atoms with E-state index in [0.717, 1.165) is 84.0 Å². The zero-order valence-electron chi connectivity index (χ0n) is 25.1. The molecule has 4 aromatic carbocycles. The number of ether oxygens (including phenoxy) is 4. The van der Waals surface area contributed by atoms with E-state index in [1.54, 1.807) is 14.2 Å². The summed E-state index contributed by atoms with van der Waals surface area (Å²) in [6, 6.07) is 19.0. The van der Waals surface area contributed by atoms with E-state index in [1.165, 1.54) is 22.3 Å². The molecule has 220 valence electrons. The standard InChI is InChI=1S/C36H36N2O5/c1-37-11-9-22-17-31-32-19-24(22)27(37)15-21-6-8-30(40-3)26(14-21)25-13-20(5-7-29(25)39)16-28-34-23(10-12-38(28)2)18-33(41-4)35(42-31)36(34)43-32/h5-8,13-14,17-19,27-28,39H,9-12,15-16H2,1-4H3/t27-,28+/m1/s1. The molecule has 43 heavy (non-hydrogen) atoms. The van der Waals surface area contributed by atoms with Crippen molar-refractivity contribution in [2.24, 2.45) is 0 Å². The second-order valence-corrected chi connectivity index (χ2v) is 12.3. The Labute approximate surface area is 252 Å². The summed E-state index contributed by atoms with van der Waals surface area (Å²) in [5, 5.41) is 11.1. The molecule has 4 aliphatic heterocycles. The SMILES string of the molecule is COc1ccc2cc1-c1cc(ccc1O)C[C@H]1c3c(cc(OC)c4c3Oc3cc5c(cc3O4)CCN(C)[C@@H]5C2)CCN1C. The van der Waals surface area contributed by atoms with Gasteiger partial charge in [0.2, 0.25) is 5.75 Å². The molecule has 4 aromatic rings. The van der Waals surface area contributed by atoms with Crippen LogP contribution in [0.15, 0.2) is 54.6 Å². The van der Waals surface area contributed by atoms with Gasteiger partial charge >= 0.3 is 0 Å². The Morgan fingerprint density at radius 1 is 0.698 bits per heavy atom. The van der Waals surface area contributed by atoms with Crippen LogP contribution in [0, 0.1) is 0 Å². The van der Waals surface area contributed by atoms with Crippen molar-refractivity contribution in [3.63, 3.8) is 0 Å². The summed E-state index contributed by atoms with van der Waals surface area (Å²) in [5.74, 6) is 4.58. The molecule has 0 radical (unpaired) electrons. The van der Waals surface area contributed by atoms with Crippen molar-refractivity contribution < 1.29 is 24.1 Å². The summed E-state index contributed by atoms with van der Waals surface area (Å²) in [5.41, 5.74) is 8.90. The Hall–Kier alpha value is -4.20. The highest BCUT2D eigenvalue weighted by molar-refractivity contribution is 5.77. The minimum Gasteiger partial charge on any atom is -0.507 e. The third-order valence-electron chi connectivity index (χ3n) is 9.87. The Bertz CT molecular complexity index is 1780. The normalized spacial score (nSPS) is 20.3. The summed E-state index contributed by atoms with van der Waals surface area (Å²) in [6.07, 6.45) is 3.39. The number of likely N-dealkylation sites (N-methyl/N-ethyl adjacent to an activating group) is 2. The molecule has 0 spiro atoms. The monoisotopic (exact) mass is 576 g/mol. The van der Waals surface area contributed by atoms with Gasteiger partial charge in [0, 0.05) is 41.9 Å². The molecule has 2 atom stereocenters. The van der Waals surface area contributed by atoms with Crippen LogP contribution in [0.2, 0.25) is 0 Å². The van der Waals surface area contributed by atoms with Crippen molar-refractivity contribution in [3.05, 3.63) is 88.0 Å². The van der Waals surface area contributed by atoms with E-state index in [0.29, 0.717) is 11.5 Å². The maximum atomic E-state index is 11.1. The third kappa shape index (κ3) is 4.17. The van der Waals surface area contributed by atoms with Gasteiger partial charge < -0.3 is 24.1 Å². The first-order valence-corrected chi connectivity index (χ1v) is 15.1. The van der Waals surface area contributed by atoms with Crippen LogP contribution in [0.4, 0.5) is 0 Å². The van der Waals surface area contributed by atoms with Crippen LogP contribution in [0.3, 0.4) is 0 Å². The number of nitrogens with zero attached hydrogens (tertiary/aromatic N) is 2. The van der Waals surface area contributed by atoms with Gasteiger partial charge in [-0.2, -0.15) is 0 Å². The average Bonchev–Trinajstić information content (AvgIpc) is 3.02. The van der Waals surface area contributed by atoms with Gasteiger partial charge in [0.05, 0.1) is 14.2 Å². The Morgan fingerprint density at radius 3 is 2.14 bits per heavy atom. The van der Waals surface area contributed by atoms with Crippen LogP contribution in [0.25, 0.3) is 11.1 Å². The molecule has 7 bridgehead atoms. The molecular weight excluding hydrogens is 540 g/mol. The van der Waals surface area contributed by atoms with E-state index < -0.39 is 0 Å². The fourth-order valence-electron chi connectivity index (χ4n) is 7.48. The second kappa shape index (κ2) is 9.93. The van der Waals surface area contributed by atoms with Crippen molar-refractivity contribution in [3.8, 4) is 51.4 Å². The quantitative estimate of drug-likeness (QED) is 0.247. The number of aromatic hydroxyl groups is 1. The lowest BCUT2D eigenvalue weighted by Crippen LogP contribution is -2.34. The Morgan fingerprint density at radius 2 is 1.35 bits per heavy atom. The minimum atomic E-state index is 0.0450. The maximum absolute atomic E-state index is 11.1. The Balaban J connectivity index is 1.40. The second-order valence-electron chi connectivity index (χ2n) is 12.3. The van der Waals surface area contributed by atoms with Crippen LogP contribution < -0.4 is 18.9 Å². The van der Waals surface area contributed by atoms with Gasteiger partial charge in [-0.05, 0) is 110 Å². The molecule has 8 rings (SSSR count). The number of phenols is 1. The molecule has 0 aromatic heterocycles. The molecule has 0 aliphatic carbocycles. The predicted octanol–water partition coefficient (Wildman–Crippen LogP) is 6.83. The molecule has 4 aliphatic rings. The highest BCUT2D eigenvalue weighted by Crippen LogP contribution is 2.56. The fourth-order valence-corrected chi connectivity index (χ4v) is 7.48. The zero-order valence-corrected chi connectivity index (χ0v) is 25.1. The number of phenolic OH excluding ortho intramolecular Hbond substituents is 1. The van der Waals surface area contributed by atoms with E-state index in [9.17, 15) is 5.11 Å². The van der Waals surface area contributed by atoms with Crippen LogP contribution in [-0.2, 0) is 25.7 Å². The molecule has 0 fully saturated rings. The summed E-state index contributed by atoms with van der Waals surface area (Å²) < 4.78 is 25.2. The van der Waals surface area contributed by atoms with Gasteiger partial charge in [0.25, 0.3) is 0 Å². The van der Waals surface area contributed by atoms with Gasteiger partial charge in [-0.25, -0.2) is 0 Å². The molecule has 0 saturated carbocycles. The molecule has 4 heterocycles. The van der Waals surface area contributed by atoms with Gasteiger partial charge in [-0.15, -0.1) is 0 Å². The number of hydrogen-bond donors (Lipinski definition) is 1. The van der Waals surface area contributed by atoms with E-state index in [1.807, 2.05) is 18.2 Å². The fraction of sp³-hybridized carbons (Fsp3) is 0.333. The first-order valence-electron chi connectivity index (χ1n) is 15.1. The molecule has 7 nitrogen and oxygen atoms in total. The zero-order chi connectivity index (χ0) is 29.4. The Kier molecular flexibility index (Phi) is 6.10. The van der Waals surface area contributed by atoms with Crippen molar-refractivity contribution in [2.75, 3.05) is 41.4 Å². The topological polar surface area (TPSA) is 63.6 Å². The van der Waals surface area contributed by atoms with Crippen molar-refractivity contribution in [1.29, 1.82) is 0 Å². The predicted molar refractivity (Wildman–Crippen MR) is 165 cm³/mol. The van der Waals surface area contributed by atoms with Crippen LogP contribution >= 0.6 is 0 Å². The third-order valence-corrected chi connectivity index (χ3v) is 9.87. The van der Waals surface area contributed by atoms with E-state index >= 15 is 0 Å². The van der Waals surface area contributed by atoms with E-state index in [-0.39, 0.29) is 17.8 Å². The highest BCUT2D eigenvalue weighted by atomic mass is 16.6. The molecule has 0 amide bonds. The van der Waals surface area contributed by atoms with E-state index in [2.05, 4.69) is 60.3 Å². The van der Waals surface area contributed by atoms with Gasteiger partial charge in [-0.1, -0.05) is 12.1 Å². The summed E-state index contributed by atoms with van der Waals surface area (Å²) >= 11 is 0. The highest BCUT2D eigenvalue weighted by Gasteiger charge is 2.37. The van der Waals surface area contributed by atoms with Crippen molar-refractivity contribution in [2.45, 2.75) is 37.8 Å². The largest absolute Gasteiger partial charge is 0.507 e. The lowest BCUT2D eigenvalue weighted by Gasteiger charge is -2.39. The van der Waals surface area contributed by atoms with Gasteiger partial charge in [0.1, 0.15) is 11.5 Å². The smallest absolute Gasteiger partial charge is 0.212 e. The summed E-state index contributed by atoms with van der Waals surface area (Å²) in [7, 11) is 7.75. The van der Waals surface area contributed by atoms with Crippen molar-refractivity contribution in [1.82, 2.24) is 9.80 Å². The summed E-state index contributed by atoms with van der Waals surface area (Å²) in [6.45, 7) is 1.87. The van der Waals surface area contributed by atoms with Crippen molar-refractivity contribution >= 4 is 0 Å². The molecular formula is C36H36N2O5. The number of fused-ring (bicyclic) bond motifs is 5. The van der Waals surface area contributed by atoms with Crippen LogP contribution in [0.5, 0.6) is 40.2 Å². The van der Waals surface area contributed by atoms with Gasteiger partial charge in [-0.3, -0.25) is 9.80 Å². The van der Waals surface area contributed by atoms with Crippen LogP contribution in [-0.4, -0.2) is 56.3 Å². The summed E-state index contributed by atoms with van der Waals surface area (Å²) in [4.78, 5) is 4.82. The average molecular weight is 577 g/mol.